The number of phenolic OH excluding ortho intramolecular Hbond substituents is 1. The molecule has 0 saturated heterocycles. The second kappa shape index (κ2) is 3.77. The van der Waals surface area contributed by atoms with Crippen molar-refractivity contribution in [2.75, 3.05) is 7.11 Å². The van der Waals surface area contributed by atoms with Crippen molar-refractivity contribution < 1.29 is 9.84 Å². The summed E-state index contributed by atoms with van der Waals surface area (Å²) in [6, 6.07) is 9.94. The summed E-state index contributed by atoms with van der Waals surface area (Å²) in [6.45, 7) is 0. The van der Waals surface area contributed by atoms with Gasteiger partial charge >= 0.3 is 0 Å². The number of methoxy groups -OCH3 is 1. The summed E-state index contributed by atoms with van der Waals surface area (Å²) in [5.41, 5.74) is 1.27. The molecule has 0 aliphatic heterocycles. The maximum Gasteiger partial charge on any atom is 0.197 e. The third-order valence-electron chi connectivity index (χ3n) is 2.99. The van der Waals surface area contributed by atoms with Gasteiger partial charge in [-0.25, -0.2) is 0 Å². The first kappa shape index (κ1) is 10.7. The van der Waals surface area contributed by atoms with Crippen molar-refractivity contribution >= 4 is 21.8 Å². The Balaban J connectivity index is 2.48. The highest BCUT2D eigenvalue weighted by Gasteiger charge is 2.06. The van der Waals surface area contributed by atoms with E-state index in [4.69, 9.17) is 4.74 Å². The maximum atomic E-state index is 12.3. The minimum absolute atomic E-state index is 0.0716. The number of hydrogen-bond donors (Lipinski definition) is 2. The van der Waals surface area contributed by atoms with Gasteiger partial charge in [0.05, 0.1) is 18.1 Å². The largest absolute Gasteiger partial charge is 0.508 e. The number of aromatic amines is 1. The van der Waals surface area contributed by atoms with Crippen LogP contribution in [0.15, 0.2) is 41.2 Å². The first-order valence-electron chi connectivity index (χ1n) is 5.52. The summed E-state index contributed by atoms with van der Waals surface area (Å²) in [5, 5.41) is 10.6. The molecule has 0 amide bonds. The molecule has 0 saturated carbocycles. The Hall–Kier alpha value is -2.49. The van der Waals surface area contributed by atoms with E-state index < -0.39 is 0 Å². The number of aromatic hydroxyl groups is 1. The smallest absolute Gasteiger partial charge is 0.197 e. The molecule has 3 aromatic rings. The summed E-state index contributed by atoms with van der Waals surface area (Å²) >= 11 is 0. The molecule has 2 N–H and O–H groups in total. The van der Waals surface area contributed by atoms with Crippen molar-refractivity contribution in [1.29, 1.82) is 0 Å². The summed E-state index contributed by atoms with van der Waals surface area (Å²) in [4.78, 5) is 15.4. The lowest BCUT2D eigenvalue weighted by atomic mass is 10.1. The number of pyridine rings is 1. The monoisotopic (exact) mass is 241 g/mol. The Morgan fingerprint density at radius 3 is 2.67 bits per heavy atom. The first-order chi connectivity index (χ1) is 8.69. The SMILES string of the molecule is COc1ccc2[nH]c3cc(O)ccc3c(=O)c2c1. The Bertz CT molecular complexity index is 805. The van der Waals surface area contributed by atoms with E-state index in [9.17, 15) is 9.90 Å². The summed E-state index contributed by atoms with van der Waals surface area (Å²) < 4.78 is 5.12. The fraction of sp³-hybridized carbons (Fsp3) is 0.0714. The number of H-pyrrole nitrogens is 1. The van der Waals surface area contributed by atoms with E-state index in [2.05, 4.69) is 4.98 Å². The van der Waals surface area contributed by atoms with Crippen LogP contribution in [0.2, 0.25) is 0 Å². The van der Waals surface area contributed by atoms with E-state index in [1.165, 1.54) is 6.07 Å². The fourth-order valence-corrected chi connectivity index (χ4v) is 2.07. The minimum Gasteiger partial charge on any atom is -0.508 e. The maximum absolute atomic E-state index is 12.3. The lowest BCUT2D eigenvalue weighted by molar-refractivity contribution is 0.415. The van der Waals surface area contributed by atoms with Crippen LogP contribution in [0.4, 0.5) is 0 Å². The molecule has 1 heterocycles. The van der Waals surface area contributed by atoms with Crippen LogP contribution in [0.5, 0.6) is 11.5 Å². The average molecular weight is 241 g/mol. The molecule has 0 atom stereocenters. The minimum atomic E-state index is -0.0716. The summed E-state index contributed by atoms with van der Waals surface area (Å²) in [6.07, 6.45) is 0. The molecule has 3 rings (SSSR count). The highest BCUT2D eigenvalue weighted by molar-refractivity contribution is 5.93. The van der Waals surface area contributed by atoms with E-state index >= 15 is 0 Å². The van der Waals surface area contributed by atoms with Crippen LogP contribution in [0, 0.1) is 0 Å². The zero-order chi connectivity index (χ0) is 12.7. The van der Waals surface area contributed by atoms with Gasteiger partial charge in [0.2, 0.25) is 0 Å². The predicted octanol–water partition coefficient (Wildman–Crippen LogP) is 2.40. The van der Waals surface area contributed by atoms with Gasteiger partial charge in [-0.3, -0.25) is 4.79 Å². The number of phenols is 1. The van der Waals surface area contributed by atoms with E-state index in [0.717, 1.165) is 5.52 Å². The van der Waals surface area contributed by atoms with Gasteiger partial charge in [0.15, 0.2) is 5.43 Å². The summed E-state index contributed by atoms with van der Waals surface area (Å²) in [5.74, 6) is 0.775. The Labute approximate surface area is 102 Å². The van der Waals surface area contributed by atoms with Crippen molar-refractivity contribution in [3.05, 3.63) is 46.6 Å². The number of fused-ring (bicyclic) bond motifs is 2. The molecule has 0 aliphatic carbocycles. The molecule has 0 radical (unpaired) electrons. The van der Waals surface area contributed by atoms with Crippen LogP contribution in [0.25, 0.3) is 21.8 Å². The number of ether oxygens (including phenoxy) is 1. The van der Waals surface area contributed by atoms with Crippen LogP contribution in [0.3, 0.4) is 0 Å². The van der Waals surface area contributed by atoms with Crippen molar-refractivity contribution in [3.63, 3.8) is 0 Å². The van der Waals surface area contributed by atoms with Gasteiger partial charge in [0, 0.05) is 16.8 Å². The van der Waals surface area contributed by atoms with Gasteiger partial charge < -0.3 is 14.8 Å². The zero-order valence-electron chi connectivity index (χ0n) is 9.73. The first-order valence-corrected chi connectivity index (χ1v) is 5.52. The van der Waals surface area contributed by atoms with Gasteiger partial charge in [0.1, 0.15) is 11.5 Å². The molecule has 1 aromatic heterocycles. The number of hydrogen-bond acceptors (Lipinski definition) is 3. The van der Waals surface area contributed by atoms with Gasteiger partial charge in [-0.05, 0) is 30.3 Å². The third-order valence-corrected chi connectivity index (χ3v) is 2.99. The molecule has 0 unspecified atom stereocenters. The standard InChI is InChI=1S/C14H11NO3/c1-18-9-3-5-12-11(7-9)14(17)10-4-2-8(16)6-13(10)15-12/h2-7,16H,1H3,(H,15,17). The Morgan fingerprint density at radius 2 is 1.89 bits per heavy atom. The molecule has 0 fully saturated rings. The zero-order valence-corrected chi connectivity index (χ0v) is 9.73. The molecule has 18 heavy (non-hydrogen) atoms. The lowest BCUT2D eigenvalue weighted by Crippen LogP contribution is -2.04. The number of aromatic nitrogens is 1. The van der Waals surface area contributed by atoms with Crippen molar-refractivity contribution in [1.82, 2.24) is 4.98 Å². The normalized spacial score (nSPS) is 10.9. The number of benzene rings is 2. The molecule has 2 aromatic carbocycles. The Morgan fingerprint density at radius 1 is 1.06 bits per heavy atom. The summed E-state index contributed by atoms with van der Waals surface area (Å²) in [7, 11) is 1.56. The van der Waals surface area contributed by atoms with Gasteiger partial charge in [-0.1, -0.05) is 0 Å². The van der Waals surface area contributed by atoms with E-state index in [-0.39, 0.29) is 11.2 Å². The van der Waals surface area contributed by atoms with Crippen LogP contribution < -0.4 is 10.2 Å². The molecule has 4 nitrogen and oxygen atoms in total. The Kier molecular flexibility index (Phi) is 2.23. The average Bonchev–Trinajstić information content (AvgIpc) is 2.38. The van der Waals surface area contributed by atoms with Gasteiger partial charge in [0.25, 0.3) is 0 Å². The quantitative estimate of drug-likeness (QED) is 0.643. The molecular formula is C14H11NO3. The van der Waals surface area contributed by atoms with Crippen molar-refractivity contribution in [2.45, 2.75) is 0 Å². The van der Waals surface area contributed by atoms with Crippen LogP contribution in [-0.4, -0.2) is 17.2 Å². The third kappa shape index (κ3) is 1.50. The van der Waals surface area contributed by atoms with E-state index in [1.54, 1.807) is 37.4 Å². The number of rotatable bonds is 1. The molecular weight excluding hydrogens is 230 g/mol. The highest BCUT2D eigenvalue weighted by Crippen LogP contribution is 2.21. The topological polar surface area (TPSA) is 62.3 Å². The number of nitrogens with one attached hydrogen (secondary N) is 1. The second-order valence-electron chi connectivity index (χ2n) is 4.10. The predicted molar refractivity (Wildman–Crippen MR) is 70.3 cm³/mol. The molecule has 0 spiro atoms. The molecule has 0 bridgehead atoms. The molecule has 4 heteroatoms. The lowest BCUT2D eigenvalue weighted by Gasteiger charge is -2.05. The van der Waals surface area contributed by atoms with Gasteiger partial charge in [-0.2, -0.15) is 0 Å². The second-order valence-corrected chi connectivity index (χ2v) is 4.10. The van der Waals surface area contributed by atoms with E-state index in [0.29, 0.717) is 22.0 Å². The van der Waals surface area contributed by atoms with Crippen LogP contribution >= 0.6 is 0 Å². The van der Waals surface area contributed by atoms with Crippen molar-refractivity contribution in [3.8, 4) is 11.5 Å². The van der Waals surface area contributed by atoms with Gasteiger partial charge in [-0.15, -0.1) is 0 Å². The molecule has 0 aliphatic rings. The van der Waals surface area contributed by atoms with Crippen molar-refractivity contribution in [2.24, 2.45) is 0 Å². The van der Waals surface area contributed by atoms with Crippen LogP contribution in [-0.2, 0) is 0 Å². The highest BCUT2D eigenvalue weighted by atomic mass is 16.5. The van der Waals surface area contributed by atoms with Crippen LogP contribution in [0.1, 0.15) is 0 Å². The molecule has 90 valence electrons. The fourth-order valence-electron chi connectivity index (χ4n) is 2.07. The van der Waals surface area contributed by atoms with E-state index in [1.807, 2.05) is 0 Å².